The number of halogens is 1. The molecule has 0 fully saturated rings. The van der Waals surface area contributed by atoms with E-state index in [0.717, 1.165) is 5.56 Å². The van der Waals surface area contributed by atoms with Crippen molar-refractivity contribution in [2.45, 2.75) is 26.4 Å². The number of rotatable bonds is 5. The standard InChI is InChI=1S/C14H17ClN4O/c1-3-18(9-12-5-4-6-16-7-12)14(20)11(2)19-10-13(15)8-17-19/h4-8,10-11H,3,9H2,1-2H3/t11-/m1/s1. The molecule has 2 rings (SSSR count). The number of likely N-dealkylation sites (N-methyl/N-ethyl adjacent to an activating group) is 1. The van der Waals surface area contributed by atoms with Crippen molar-refractivity contribution < 1.29 is 4.79 Å². The zero-order chi connectivity index (χ0) is 14.5. The van der Waals surface area contributed by atoms with E-state index < -0.39 is 0 Å². The second-order valence-corrected chi connectivity index (χ2v) is 4.96. The second kappa shape index (κ2) is 6.52. The van der Waals surface area contributed by atoms with E-state index in [1.807, 2.05) is 26.0 Å². The third kappa shape index (κ3) is 3.36. The van der Waals surface area contributed by atoms with E-state index >= 15 is 0 Å². The van der Waals surface area contributed by atoms with Gasteiger partial charge in [-0.2, -0.15) is 5.10 Å². The number of nitrogens with zero attached hydrogens (tertiary/aromatic N) is 4. The summed E-state index contributed by atoms with van der Waals surface area (Å²) in [6.07, 6.45) is 6.67. The largest absolute Gasteiger partial charge is 0.337 e. The average molecular weight is 293 g/mol. The second-order valence-electron chi connectivity index (χ2n) is 4.53. The third-order valence-electron chi connectivity index (χ3n) is 3.11. The molecule has 0 aliphatic heterocycles. The number of carbonyl (C=O) groups is 1. The molecular weight excluding hydrogens is 276 g/mol. The summed E-state index contributed by atoms with van der Waals surface area (Å²) in [7, 11) is 0. The molecule has 0 aliphatic rings. The summed E-state index contributed by atoms with van der Waals surface area (Å²) in [5, 5.41) is 4.61. The first-order valence-corrected chi connectivity index (χ1v) is 6.87. The van der Waals surface area contributed by atoms with Crippen LogP contribution in [0.15, 0.2) is 36.9 Å². The number of hydrogen-bond donors (Lipinski definition) is 0. The highest BCUT2D eigenvalue weighted by Crippen LogP contribution is 2.15. The van der Waals surface area contributed by atoms with E-state index in [4.69, 9.17) is 11.6 Å². The molecule has 0 aromatic carbocycles. The van der Waals surface area contributed by atoms with Gasteiger partial charge >= 0.3 is 0 Å². The first-order chi connectivity index (χ1) is 9.61. The fourth-order valence-corrected chi connectivity index (χ4v) is 2.11. The van der Waals surface area contributed by atoms with Gasteiger partial charge in [0.2, 0.25) is 5.91 Å². The summed E-state index contributed by atoms with van der Waals surface area (Å²) in [4.78, 5) is 18.3. The predicted octanol–water partition coefficient (Wildman–Crippen LogP) is 2.54. The molecule has 1 amide bonds. The molecule has 20 heavy (non-hydrogen) atoms. The van der Waals surface area contributed by atoms with Crippen LogP contribution in [-0.4, -0.2) is 32.1 Å². The lowest BCUT2D eigenvalue weighted by atomic mass is 10.2. The molecule has 0 radical (unpaired) electrons. The lowest BCUT2D eigenvalue weighted by Gasteiger charge is -2.24. The summed E-state index contributed by atoms with van der Waals surface area (Å²) in [6.45, 7) is 4.95. The van der Waals surface area contributed by atoms with Gasteiger partial charge in [-0.25, -0.2) is 0 Å². The predicted molar refractivity (Wildman–Crippen MR) is 77.3 cm³/mol. The topological polar surface area (TPSA) is 51.0 Å². The lowest BCUT2D eigenvalue weighted by Crippen LogP contribution is -2.35. The van der Waals surface area contributed by atoms with Crippen molar-refractivity contribution in [2.75, 3.05) is 6.54 Å². The molecule has 2 aromatic rings. The Balaban J connectivity index is 2.09. The monoisotopic (exact) mass is 292 g/mol. The molecule has 0 saturated heterocycles. The minimum atomic E-state index is -0.376. The minimum Gasteiger partial charge on any atom is -0.337 e. The van der Waals surface area contributed by atoms with E-state index in [1.165, 1.54) is 6.20 Å². The van der Waals surface area contributed by atoms with Crippen molar-refractivity contribution in [3.05, 3.63) is 47.5 Å². The van der Waals surface area contributed by atoms with Gasteiger partial charge in [0.15, 0.2) is 0 Å². The molecule has 1 atom stereocenters. The summed E-state index contributed by atoms with van der Waals surface area (Å²) in [5.41, 5.74) is 1.01. The molecule has 0 spiro atoms. The Morgan fingerprint density at radius 2 is 2.30 bits per heavy atom. The van der Waals surface area contributed by atoms with Crippen LogP contribution < -0.4 is 0 Å². The van der Waals surface area contributed by atoms with Crippen LogP contribution in [0.4, 0.5) is 0 Å². The van der Waals surface area contributed by atoms with E-state index in [0.29, 0.717) is 18.1 Å². The zero-order valence-electron chi connectivity index (χ0n) is 11.5. The SMILES string of the molecule is CCN(Cc1cccnc1)C(=O)[C@@H](C)n1cc(Cl)cn1. The van der Waals surface area contributed by atoms with Crippen molar-refractivity contribution in [3.63, 3.8) is 0 Å². The summed E-state index contributed by atoms with van der Waals surface area (Å²) in [5.74, 6) is 0.0103. The Kier molecular flexibility index (Phi) is 4.74. The Hall–Kier alpha value is -1.88. The average Bonchev–Trinajstić information content (AvgIpc) is 2.91. The maximum atomic E-state index is 12.5. The molecule has 0 bridgehead atoms. The molecule has 5 nitrogen and oxygen atoms in total. The van der Waals surface area contributed by atoms with E-state index in [1.54, 1.807) is 28.2 Å². The number of aromatic nitrogens is 3. The van der Waals surface area contributed by atoms with Gasteiger partial charge in [-0.15, -0.1) is 0 Å². The zero-order valence-corrected chi connectivity index (χ0v) is 12.3. The Morgan fingerprint density at radius 1 is 1.50 bits per heavy atom. The van der Waals surface area contributed by atoms with Crippen molar-refractivity contribution in [1.29, 1.82) is 0 Å². The van der Waals surface area contributed by atoms with Crippen LogP contribution in [0, 0.1) is 0 Å². The van der Waals surface area contributed by atoms with Gasteiger partial charge < -0.3 is 4.90 Å². The summed E-state index contributed by atoms with van der Waals surface area (Å²) >= 11 is 5.84. The third-order valence-corrected chi connectivity index (χ3v) is 3.31. The van der Waals surface area contributed by atoms with Gasteiger partial charge in [-0.05, 0) is 25.5 Å². The smallest absolute Gasteiger partial charge is 0.247 e. The number of pyridine rings is 1. The van der Waals surface area contributed by atoms with E-state index in [2.05, 4.69) is 10.1 Å². The molecule has 6 heteroatoms. The first kappa shape index (κ1) is 14.5. The Bertz CT molecular complexity index is 570. The van der Waals surface area contributed by atoms with Crippen molar-refractivity contribution in [1.82, 2.24) is 19.7 Å². The normalized spacial score (nSPS) is 12.2. The summed E-state index contributed by atoms with van der Waals surface area (Å²) < 4.78 is 1.58. The molecule has 0 saturated carbocycles. The van der Waals surface area contributed by atoms with Gasteiger partial charge in [0.25, 0.3) is 0 Å². The van der Waals surface area contributed by atoms with Gasteiger partial charge in [0, 0.05) is 31.7 Å². The first-order valence-electron chi connectivity index (χ1n) is 6.49. The number of amides is 1. The molecular formula is C14H17ClN4O. The minimum absolute atomic E-state index is 0.0103. The fourth-order valence-electron chi connectivity index (χ4n) is 1.96. The maximum Gasteiger partial charge on any atom is 0.247 e. The summed E-state index contributed by atoms with van der Waals surface area (Å²) in [6, 6.07) is 3.45. The highest BCUT2D eigenvalue weighted by Gasteiger charge is 2.21. The number of hydrogen-bond acceptors (Lipinski definition) is 3. The highest BCUT2D eigenvalue weighted by atomic mass is 35.5. The van der Waals surface area contributed by atoms with Gasteiger partial charge in [0.05, 0.1) is 11.2 Å². The quantitative estimate of drug-likeness (QED) is 0.851. The Morgan fingerprint density at radius 3 is 2.85 bits per heavy atom. The van der Waals surface area contributed by atoms with Crippen molar-refractivity contribution in [2.24, 2.45) is 0 Å². The highest BCUT2D eigenvalue weighted by molar-refractivity contribution is 6.30. The number of carbonyl (C=O) groups excluding carboxylic acids is 1. The van der Waals surface area contributed by atoms with Crippen LogP contribution in [0.1, 0.15) is 25.5 Å². The van der Waals surface area contributed by atoms with E-state index in [-0.39, 0.29) is 11.9 Å². The van der Waals surface area contributed by atoms with Crippen LogP contribution in [0.25, 0.3) is 0 Å². The van der Waals surface area contributed by atoms with Crippen LogP contribution >= 0.6 is 11.6 Å². The maximum absolute atomic E-state index is 12.5. The van der Waals surface area contributed by atoms with Crippen LogP contribution in [-0.2, 0) is 11.3 Å². The van der Waals surface area contributed by atoms with Crippen molar-refractivity contribution in [3.8, 4) is 0 Å². The van der Waals surface area contributed by atoms with Crippen molar-refractivity contribution >= 4 is 17.5 Å². The van der Waals surface area contributed by atoms with E-state index in [9.17, 15) is 4.79 Å². The van der Waals surface area contributed by atoms with Gasteiger partial charge in [-0.3, -0.25) is 14.5 Å². The van der Waals surface area contributed by atoms with Crippen LogP contribution in [0.3, 0.4) is 0 Å². The lowest BCUT2D eigenvalue weighted by molar-refractivity contribution is -0.135. The molecule has 2 aromatic heterocycles. The molecule has 2 heterocycles. The molecule has 0 unspecified atom stereocenters. The Labute approximate surface area is 123 Å². The van der Waals surface area contributed by atoms with Gasteiger partial charge in [-0.1, -0.05) is 17.7 Å². The molecule has 0 N–H and O–H groups in total. The molecule has 106 valence electrons. The van der Waals surface area contributed by atoms with Gasteiger partial charge in [0.1, 0.15) is 6.04 Å². The molecule has 0 aliphatic carbocycles. The van der Waals surface area contributed by atoms with Crippen LogP contribution in [0.5, 0.6) is 0 Å². The van der Waals surface area contributed by atoms with Crippen LogP contribution in [0.2, 0.25) is 5.02 Å². The fraction of sp³-hybridized carbons (Fsp3) is 0.357.